The van der Waals surface area contributed by atoms with Gasteiger partial charge in [-0.25, -0.2) is 0 Å². The summed E-state index contributed by atoms with van der Waals surface area (Å²) < 4.78 is 21.3. The molecule has 0 saturated carbocycles. The van der Waals surface area contributed by atoms with Gasteiger partial charge < -0.3 is 29.6 Å². The van der Waals surface area contributed by atoms with Crippen molar-refractivity contribution in [3.8, 4) is 0 Å². The first-order valence-corrected chi connectivity index (χ1v) is 10.8. The molecular weight excluding hydrogens is 392 g/mol. The molecule has 0 fully saturated rings. The molecular formula is C21H40N2O7. The summed E-state index contributed by atoms with van der Waals surface area (Å²) in [4.78, 5) is 33.8. The maximum absolute atomic E-state index is 11.7. The number of ether oxygens (including phenoxy) is 4. The van der Waals surface area contributed by atoms with Crippen LogP contribution in [-0.2, 0) is 33.3 Å². The van der Waals surface area contributed by atoms with Crippen LogP contribution >= 0.6 is 0 Å². The topological polar surface area (TPSA) is 112 Å². The van der Waals surface area contributed by atoms with Crippen molar-refractivity contribution < 1.29 is 33.3 Å². The molecule has 0 rings (SSSR count). The number of Topliss-reactive ketones (excluding diaryl/α,β-unsaturated/α-hetero) is 1. The van der Waals surface area contributed by atoms with Gasteiger partial charge in [0.1, 0.15) is 5.78 Å². The highest BCUT2D eigenvalue weighted by molar-refractivity contribution is 5.77. The van der Waals surface area contributed by atoms with E-state index in [0.29, 0.717) is 78.8 Å². The lowest BCUT2D eigenvalue weighted by molar-refractivity contribution is -0.124. The largest absolute Gasteiger partial charge is 0.379 e. The predicted octanol–water partition coefficient (Wildman–Crippen LogP) is 1.09. The molecule has 0 unspecified atom stereocenters. The summed E-state index contributed by atoms with van der Waals surface area (Å²) in [5.41, 5.74) is 0. The first-order valence-electron chi connectivity index (χ1n) is 10.8. The van der Waals surface area contributed by atoms with Crippen LogP contribution in [0.2, 0.25) is 0 Å². The quantitative estimate of drug-likeness (QED) is 0.261. The predicted molar refractivity (Wildman–Crippen MR) is 113 cm³/mol. The van der Waals surface area contributed by atoms with E-state index in [-0.39, 0.29) is 23.5 Å². The third-order valence-corrected chi connectivity index (χ3v) is 3.94. The summed E-state index contributed by atoms with van der Waals surface area (Å²) in [5.74, 6) is 0.131. The van der Waals surface area contributed by atoms with Crippen molar-refractivity contribution in [2.24, 2.45) is 5.92 Å². The molecule has 0 heterocycles. The van der Waals surface area contributed by atoms with Crippen molar-refractivity contribution in [3.05, 3.63) is 0 Å². The van der Waals surface area contributed by atoms with E-state index in [9.17, 15) is 14.4 Å². The standard InChI is InChI=1S/C21H40N2O7/c1-18(2)21(26)23-9-5-4-8-22-20(25)7-11-28-13-15-30-17-16-29-14-12-27-10-6-19(3)24/h18H,4-17H2,1-3H3,(H,22,25)(H,23,26). The lowest BCUT2D eigenvalue weighted by Crippen LogP contribution is -2.30. The number of ketones is 1. The molecule has 0 aromatic heterocycles. The van der Waals surface area contributed by atoms with E-state index in [1.807, 2.05) is 13.8 Å². The van der Waals surface area contributed by atoms with Gasteiger partial charge in [0.2, 0.25) is 11.8 Å². The Hall–Kier alpha value is -1.55. The summed E-state index contributed by atoms with van der Waals surface area (Å²) in [6, 6.07) is 0. The molecule has 2 N–H and O–H groups in total. The van der Waals surface area contributed by atoms with Crippen LogP contribution in [0.5, 0.6) is 0 Å². The number of hydrogen-bond donors (Lipinski definition) is 2. The van der Waals surface area contributed by atoms with Gasteiger partial charge in [0.25, 0.3) is 0 Å². The van der Waals surface area contributed by atoms with E-state index in [2.05, 4.69) is 10.6 Å². The summed E-state index contributed by atoms with van der Waals surface area (Å²) >= 11 is 0. The van der Waals surface area contributed by atoms with Crippen LogP contribution in [0.15, 0.2) is 0 Å². The van der Waals surface area contributed by atoms with Crippen LogP contribution in [0.25, 0.3) is 0 Å². The molecule has 176 valence electrons. The molecule has 30 heavy (non-hydrogen) atoms. The SMILES string of the molecule is CC(=O)CCOCCOCCOCCOCCC(=O)NCCCCNC(=O)C(C)C. The van der Waals surface area contributed by atoms with Crippen molar-refractivity contribution >= 4 is 17.6 Å². The van der Waals surface area contributed by atoms with Gasteiger partial charge in [-0.1, -0.05) is 13.8 Å². The Morgan fingerprint density at radius 1 is 0.667 bits per heavy atom. The Morgan fingerprint density at radius 2 is 1.10 bits per heavy atom. The van der Waals surface area contributed by atoms with Crippen LogP contribution in [-0.4, -0.2) is 83.5 Å². The van der Waals surface area contributed by atoms with Gasteiger partial charge in [-0.2, -0.15) is 0 Å². The minimum atomic E-state index is -0.0407. The second-order valence-electron chi connectivity index (χ2n) is 7.15. The summed E-state index contributed by atoms with van der Waals surface area (Å²) in [5, 5.41) is 5.68. The van der Waals surface area contributed by atoms with Gasteiger partial charge in [-0.15, -0.1) is 0 Å². The lowest BCUT2D eigenvalue weighted by atomic mass is 10.2. The Balaban J connectivity index is 3.23. The van der Waals surface area contributed by atoms with Gasteiger partial charge in [0.05, 0.1) is 52.9 Å². The van der Waals surface area contributed by atoms with Crippen LogP contribution in [0.1, 0.15) is 46.5 Å². The first-order chi connectivity index (χ1) is 14.4. The van der Waals surface area contributed by atoms with E-state index in [1.165, 1.54) is 6.92 Å². The van der Waals surface area contributed by atoms with E-state index in [1.54, 1.807) is 0 Å². The Bertz CT molecular complexity index is 459. The molecule has 2 amide bonds. The Morgan fingerprint density at radius 3 is 1.57 bits per heavy atom. The highest BCUT2D eigenvalue weighted by Crippen LogP contribution is 1.92. The molecule has 0 spiro atoms. The highest BCUT2D eigenvalue weighted by atomic mass is 16.6. The fourth-order valence-electron chi connectivity index (χ4n) is 2.12. The van der Waals surface area contributed by atoms with Gasteiger partial charge in [0, 0.05) is 31.8 Å². The molecule has 0 saturated heterocycles. The number of carbonyl (C=O) groups excluding carboxylic acids is 3. The second kappa shape index (κ2) is 20.7. The van der Waals surface area contributed by atoms with Crippen molar-refractivity contribution in [3.63, 3.8) is 0 Å². The molecule has 0 aromatic carbocycles. The summed E-state index contributed by atoms with van der Waals surface area (Å²) in [7, 11) is 0. The van der Waals surface area contributed by atoms with Crippen LogP contribution in [0.4, 0.5) is 0 Å². The molecule has 0 aliphatic carbocycles. The number of rotatable bonds is 21. The van der Waals surface area contributed by atoms with E-state index < -0.39 is 0 Å². The normalized spacial score (nSPS) is 10.9. The van der Waals surface area contributed by atoms with Crippen LogP contribution < -0.4 is 10.6 Å². The third-order valence-electron chi connectivity index (χ3n) is 3.94. The fourth-order valence-corrected chi connectivity index (χ4v) is 2.12. The zero-order valence-electron chi connectivity index (χ0n) is 18.8. The van der Waals surface area contributed by atoms with Crippen LogP contribution in [0, 0.1) is 5.92 Å². The van der Waals surface area contributed by atoms with Gasteiger partial charge in [-0.05, 0) is 19.8 Å². The van der Waals surface area contributed by atoms with Crippen LogP contribution in [0.3, 0.4) is 0 Å². The molecule has 0 aliphatic rings. The molecule has 0 atom stereocenters. The zero-order valence-corrected chi connectivity index (χ0v) is 18.8. The molecule has 9 nitrogen and oxygen atoms in total. The minimum absolute atomic E-state index is 0.00135. The van der Waals surface area contributed by atoms with E-state index in [0.717, 1.165) is 12.8 Å². The third kappa shape index (κ3) is 21.2. The lowest BCUT2D eigenvalue weighted by Gasteiger charge is -2.09. The fraction of sp³-hybridized carbons (Fsp3) is 0.857. The summed E-state index contributed by atoms with van der Waals surface area (Å²) in [6.07, 6.45) is 2.41. The van der Waals surface area contributed by atoms with E-state index in [4.69, 9.17) is 18.9 Å². The van der Waals surface area contributed by atoms with Crippen molar-refractivity contribution in [1.29, 1.82) is 0 Å². The molecule has 0 bridgehead atoms. The Kier molecular flexibility index (Phi) is 19.6. The number of amides is 2. The highest BCUT2D eigenvalue weighted by Gasteiger charge is 2.05. The number of nitrogens with one attached hydrogen (secondary N) is 2. The summed E-state index contributed by atoms with van der Waals surface area (Å²) in [6.45, 7) is 10.0. The second-order valence-corrected chi connectivity index (χ2v) is 7.15. The van der Waals surface area contributed by atoms with Crippen molar-refractivity contribution in [1.82, 2.24) is 10.6 Å². The smallest absolute Gasteiger partial charge is 0.222 e. The maximum atomic E-state index is 11.7. The molecule has 0 aromatic rings. The van der Waals surface area contributed by atoms with Gasteiger partial charge in [0.15, 0.2) is 0 Å². The van der Waals surface area contributed by atoms with Crippen molar-refractivity contribution in [2.45, 2.75) is 46.5 Å². The first kappa shape index (κ1) is 28.5. The molecule has 0 aliphatic heterocycles. The molecule has 0 radical (unpaired) electrons. The van der Waals surface area contributed by atoms with Crippen molar-refractivity contribution in [2.75, 3.05) is 65.9 Å². The number of unbranched alkanes of at least 4 members (excludes halogenated alkanes) is 1. The number of hydrogen-bond acceptors (Lipinski definition) is 7. The monoisotopic (exact) mass is 432 g/mol. The van der Waals surface area contributed by atoms with E-state index >= 15 is 0 Å². The number of carbonyl (C=O) groups is 3. The minimum Gasteiger partial charge on any atom is -0.379 e. The zero-order chi connectivity index (χ0) is 22.5. The molecule has 9 heteroatoms. The Labute approximate surface area is 180 Å². The maximum Gasteiger partial charge on any atom is 0.222 e. The average Bonchev–Trinajstić information content (AvgIpc) is 2.70. The van der Waals surface area contributed by atoms with Gasteiger partial charge >= 0.3 is 0 Å². The van der Waals surface area contributed by atoms with Gasteiger partial charge in [-0.3, -0.25) is 14.4 Å². The average molecular weight is 433 g/mol.